The van der Waals surface area contributed by atoms with Crippen LogP contribution in [-0.4, -0.2) is 26.1 Å². The van der Waals surface area contributed by atoms with Gasteiger partial charge in [0.2, 0.25) is 0 Å². The largest absolute Gasteiger partial charge is 0.476 e. The predicted octanol–water partition coefficient (Wildman–Crippen LogP) is 1.10. The zero-order chi connectivity index (χ0) is 10.7. The number of nitrogens with zero attached hydrogens (tertiary/aromatic N) is 3. The average molecular weight is 193 g/mol. The molecule has 0 saturated heterocycles. The van der Waals surface area contributed by atoms with Crippen molar-refractivity contribution in [1.29, 1.82) is 0 Å². The fourth-order valence-corrected chi connectivity index (χ4v) is 1.14. The lowest BCUT2D eigenvalue weighted by Gasteiger charge is -1.98. The maximum absolute atomic E-state index is 10.9. The third-order valence-electron chi connectivity index (χ3n) is 1.83. The van der Waals surface area contributed by atoms with E-state index in [0.29, 0.717) is 11.3 Å². The summed E-state index contributed by atoms with van der Waals surface area (Å²) in [4.78, 5) is 10.9. The molecule has 0 spiro atoms. The van der Waals surface area contributed by atoms with Crippen molar-refractivity contribution < 1.29 is 9.90 Å². The van der Waals surface area contributed by atoms with E-state index in [1.54, 1.807) is 19.1 Å². The van der Waals surface area contributed by atoms with Gasteiger partial charge < -0.3 is 5.11 Å². The minimum atomic E-state index is -1.05. The molecule has 0 amide bonds. The highest BCUT2D eigenvalue weighted by Gasteiger charge is 2.18. The summed E-state index contributed by atoms with van der Waals surface area (Å²) in [6, 6.07) is 0. The van der Waals surface area contributed by atoms with Gasteiger partial charge in [-0.15, -0.1) is 5.10 Å². The summed E-state index contributed by atoms with van der Waals surface area (Å²) in [6.45, 7) is 5.37. The van der Waals surface area contributed by atoms with Crippen LogP contribution in [0.1, 0.15) is 23.1 Å². The highest BCUT2D eigenvalue weighted by atomic mass is 16.4. The van der Waals surface area contributed by atoms with Crippen LogP contribution in [0.2, 0.25) is 0 Å². The van der Waals surface area contributed by atoms with E-state index in [1.165, 1.54) is 11.7 Å². The van der Waals surface area contributed by atoms with Crippen LogP contribution in [0.25, 0.3) is 5.57 Å². The quantitative estimate of drug-likeness (QED) is 0.730. The Morgan fingerprint density at radius 1 is 1.64 bits per heavy atom. The first-order chi connectivity index (χ1) is 6.61. The van der Waals surface area contributed by atoms with Crippen LogP contribution in [0.15, 0.2) is 18.7 Å². The number of carboxylic acids is 1. The molecule has 14 heavy (non-hydrogen) atoms. The van der Waals surface area contributed by atoms with E-state index >= 15 is 0 Å². The molecule has 1 aromatic heterocycles. The fraction of sp³-hybridized carbons (Fsp3) is 0.222. The second-order valence-corrected chi connectivity index (χ2v) is 2.66. The molecule has 1 rings (SSSR count). The van der Waals surface area contributed by atoms with Crippen molar-refractivity contribution in [1.82, 2.24) is 15.0 Å². The van der Waals surface area contributed by atoms with Gasteiger partial charge in [-0.1, -0.05) is 23.9 Å². The van der Waals surface area contributed by atoms with Crippen LogP contribution >= 0.6 is 0 Å². The van der Waals surface area contributed by atoms with Gasteiger partial charge in [0.15, 0.2) is 5.69 Å². The lowest BCUT2D eigenvalue weighted by Crippen LogP contribution is -2.07. The summed E-state index contributed by atoms with van der Waals surface area (Å²) in [5, 5.41) is 16.3. The molecular formula is C9H11N3O2. The van der Waals surface area contributed by atoms with Gasteiger partial charge in [-0.2, -0.15) is 0 Å². The van der Waals surface area contributed by atoms with Crippen molar-refractivity contribution in [2.75, 3.05) is 0 Å². The Balaban J connectivity index is 3.35. The van der Waals surface area contributed by atoms with Crippen LogP contribution in [0.3, 0.4) is 0 Å². The minimum Gasteiger partial charge on any atom is -0.476 e. The van der Waals surface area contributed by atoms with Crippen LogP contribution in [-0.2, 0) is 7.05 Å². The summed E-state index contributed by atoms with van der Waals surface area (Å²) in [5.41, 5.74) is 1.08. The van der Waals surface area contributed by atoms with Crippen molar-refractivity contribution >= 4 is 11.5 Å². The monoisotopic (exact) mass is 193 g/mol. The molecule has 1 aromatic rings. The lowest BCUT2D eigenvalue weighted by molar-refractivity contribution is 0.0684. The summed E-state index contributed by atoms with van der Waals surface area (Å²) in [7, 11) is 1.54. The second kappa shape index (κ2) is 3.87. The van der Waals surface area contributed by atoms with Gasteiger partial charge in [0.05, 0.1) is 0 Å². The number of aryl methyl sites for hydroxylation is 1. The molecular weight excluding hydrogens is 182 g/mol. The number of rotatable bonds is 3. The maximum Gasteiger partial charge on any atom is 0.356 e. The summed E-state index contributed by atoms with van der Waals surface area (Å²) >= 11 is 0. The van der Waals surface area contributed by atoms with Crippen molar-refractivity contribution in [3.05, 3.63) is 30.1 Å². The van der Waals surface area contributed by atoms with Crippen molar-refractivity contribution in [2.24, 2.45) is 7.05 Å². The van der Waals surface area contributed by atoms with E-state index in [1.807, 2.05) is 0 Å². The Kier molecular flexibility index (Phi) is 2.81. The lowest BCUT2D eigenvalue weighted by atomic mass is 10.1. The first-order valence-electron chi connectivity index (χ1n) is 4.04. The van der Waals surface area contributed by atoms with Crippen LogP contribution in [0.4, 0.5) is 0 Å². The first-order valence-corrected chi connectivity index (χ1v) is 4.04. The topological polar surface area (TPSA) is 68.0 Å². The number of aromatic carboxylic acids is 1. The molecule has 0 aliphatic heterocycles. The molecule has 5 nitrogen and oxygen atoms in total. The highest BCUT2D eigenvalue weighted by Crippen LogP contribution is 2.16. The van der Waals surface area contributed by atoms with Gasteiger partial charge >= 0.3 is 5.97 Å². The molecule has 1 heterocycles. The van der Waals surface area contributed by atoms with Gasteiger partial charge in [-0.25, -0.2) is 9.48 Å². The molecule has 5 heteroatoms. The average Bonchev–Trinajstić information content (AvgIpc) is 2.50. The van der Waals surface area contributed by atoms with Crippen LogP contribution < -0.4 is 0 Å². The number of allylic oxidation sites excluding steroid dienone is 3. The molecule has 1 N–H and O–H groups in total. The van der Waals surface area contributed by atoms with Gasteiger partial charge in [-0.05, 0) is 12.5 Å². The minimum absolute atomic E-state index is 0.0676. The smallest absolute Gasteiger partial charge is 0.356 e. The Morgan fingerprint density at radius 2 is 2.29 bits per heavy atom. The normalized spacial score (nSPS) is 11.4. The Bertz CT molecular complexity index is 404. The van der Waals surface area contributed by atoms with Crippen molar-refractivity contribution in [3.8, 4) is 0 Å². The number of aromatic nitrogens is 3. The number of hydrogen-bond donors (Lipinski definition) is 1. The van der Waals surface area contributed by atoms with Crippen LogP contribution in [0, 0.1) is 0 Å². The molecule has 0 aliphatic rings. The van der Waals surface area contributed by atoms with Crippen molar-refractivity contribution in [2.45, 2.75) is 6.92 Å². The van der Waals surface area contributed by atoms with E-state index in [0.717, 1.165) is 0 Å². The molecule has 0 atom stereocenters. The van der Waals surface area contributed by atoms with E-state index in [4.69, 9.17) is 5.11 Å². The molecule has 0 bridgehead atoms. The van der Waals surface area contributed by atoms with Gasteiger partial charge in [0.25, 0.3) is 0 Å². The summed E-state index contributed by atoms with van der Waals surface area (Å²) < 4.78 is 1.23. The molecule has 0 unspecified atom stereocenters. The number of hydrogen-bond acceptors (Lipinski definition) is 3. The Labute approximate surface area is 81.4 Å². The summed E-state index contributed by atoms with van der Waals surface area (Å²) in [6.07, 6.45) is 3.29. The molecule has 0 aromatic carbocycles. The van der Waals surface area contributed by atoms with E-state index in [-0.39, 0.29) is 5.69 Å². The van der Waals surface area contributed by atoms with Gasteiger partial charge in [0, 0.05) is 7.05 Å². The third kappa shape index (κ3) is 1.56. The first kappa shape index (κ1) is 10.2. The van der Waals surface area contributed by atoms with Crippen LogP contribution in [0.5, 0.6) is 0 Å². The highest BCUT2D eigenvalue weighted by molar-refractivity contribution is 5.92. The molecule has 0 saturated carbocycles. The zero-order valence-electron chi connectivity index (χ0n) is 8.06. The molecule has 0 radical (unpaired) electrons. The molecule has 74 valence electrons. The zero-order valence-corrected chi connectivity index (χ0v) is 8.06. The van der Waals surface area contributed by atoms with E-state index in [9.17, 15) is 4.79 Å². The number of carboxylic acid groups (broad SMARTS) is 1. The van der Waals surface area contributed by atoms with E-state index < -0.39 is 5.97 Å². The summed E-state index contributed by atoms with van der Waals surface area (Å²) in [5.74, 6) is -1.05. The van der Waals surface area contributed by atoms with Gasteiger partial charge in [0.1, 0.15) is 5.69 Å². The number of carbonyl (C=O) groups is 1. The SMILES string of the molecule is C=CC(=CC)c1nnn(C)c1C(=O)O. The molecule has 0 fully saturated rings. The Hall–Kier alpha value is -1.91. The van der Waals surface area contributed by atoms with Crippen molar-refractivity contribution in [3.63, 3.8) is 0 Å². The predicted molar refractivity (Wildman–Crippen MR) is 51.8 cm³/mol. The van der Waals surface area contributed by atoms with E-state index in [2.05, 4.69) is 16.9 Å². The fourth-order valence-electron chi connectivity index (χ4n) is 1.14. The van der Waals surface area contributed by atoms with Gasteiger partial charge in [-0.3, -0.25) is 0 Å². The molecule has 0 aliphatic carbocycles. The standard InChI is InChI=1S/C9H11N3O2/c1-4-6(5-2)7-8(9(13)14)12(3)11-10-7/h4-5H,1H2,2-3H3,(H,13,14). The Morgan fingerprint density at radius 3 is 2.71 bits per heavy atom. The third-order valence-corrected chi connectivity index (χ3v) is 1.83. The second-order valence-electron chi connectivity index (χ2n) is 2.66. The maximum atomic E-state index is 10.9.